The Labute approximate surface area is 179 Å². The summed E-state index contributed by atoms with van der Waals surface area (Å²) in [6.07, 6.45) is 10.1. The zero-order valence-corrected chi connectivity index (χ0v) is 18.8. The highest BCUT2D eigenvalue weighted by atomic mass is 16.5. The third-order valence-electron chi connectivity index (χ3n) is 8.74. The van der Waals surface area contributed by atoms with Crippen molar-refractivity contribution in [2.75, 3.05) is 0 Å². The summed E-state index contributed by atoms with van der Waals surface area (Å²) in [6.45, 7) is 9.50. The Morgan fingerprint density at radius 1 is 1.17 bits per heavy atom. The van der Waals surface area contributed by atoms with Gasteiger partial charge in [-0.3, -0.25) is 14.4 Å². The summed E-state index contributed by atoms with van der Waals surface area (Å²) in [7, 11) is 0. The summed E-state index contributed by atoms with van der Waals surface area (Å²) >= 11 is 0. The summed E-state index contributed by atoms with van der Waals surface area (Å²) in [5, 5.41) is 0. The van der Waals surface area contributed by atoms with E-state index in [-0.39, 0.29) is 58.5 Å². The van der Waals surface area contributed by atoms with Crippen molar-refractivity contribution in [1.82, 2.24) is 0 Å². The normalized spacial score (nSPS) is 43.0. The molecule has 8 unspecified atom stereocenters. The maximum atomic E-state index is 12.1. The highest BCUT2D eigenvalue weighted by Crippen LogP contribution is 2.66. The molecule has 0 N–H and O–H groups in total. The number of esters is 2. The van der Waals surface area contributed by atoms with Crippen LogP contribution in [0.1, 0.15) is 66.7 Å². The molecule has 2 fully saturated rings. The summed E-state index contributed by atoms with van der Waals surface area (Å²) < 4.78 is 11.6. The van der Waals surface area contributed by atoms with E-state index in [1.165, 1.54) is 13.8 Å². The average Bonchev–Trinajstić information content (AvgIpc) is 2.97. The minimum absolute atomic E-state index is 0.0669. The monoisotopic (exact) mass is 414 g/mol. The molecule has 0 aromatic rings. The van der Waals surface area contributed by atoms with Crippen LogP contribution in [0.15, 0.2) is 23.8 Å². The smallest absolute Gasteiger partial charge is 0.302 e. The Bertz CT molecular complexity index is 825. The van der Waals surface area contributed by atoms with Gasteiger partial charge in [0.25, 0.3) is 0 Å². The lowest BCUT2D eigenvalue weighted by Crippen LogP contribution is -2.57. The van der Waals surface area contributed by atoms with Crippen LogP contribution in [0.2, 0.25) is 0 Å². The van der Waals surface area contributed by atoms with Crippen molar-refractivity contribution in [1.29, 1.82) is 0 Å². The number of carbonyl (C=O) groups is 3. The molecule has 164 valence electrons. The van der Waals surface area contributed by atoms with E-state index in [0.29, 0.717) is 12.3 Å². The average molecular weight is 415 g/mol. The molecule has 0 heterocycles. The van der Waals surface area contributed by atoms with Crippen molar-refractivity contribution < 1.29 is 23.9 Å². The van der Waals surface area contributed by atoms with Crippen LogP contribution >= 0.6 is 0 Å². The quantitative estimate of drug-likeness (QED) is 0.640. The van der Waals surface area contributed by atoms with Gasteiger partial charge in [0.2, 0.25) is 0 Å². The van der Waals surface area contributed by atoms with Gasteiger partial charge in [-0.15, -0.1) is 0 Å². The molecule has 0 aromatic heterocycles. The Hall–Kier alpha value is -1.91. The molecule has 4 aliphatic carbocycles. The lowest BCUT2D eigenvalue weighted by atomic mass is 9.47. The van der Waals surface area contributed by atoms with E-state index in [1.54, 1.807) is 6.08 Å². The van der Waals surface area contributed by atoms with Crippen LogP contribution in [0.4, 0.5) is 0 Å². The number of fused-ring (bicyclic) bond motifs is 5. The van der Waals surface area contributed by atoms with Crippen molar-refractivity contribution in [3.8, 4) is 0 Å². The Morgan fingerprint density at radius 2 is 1.90 bits per heavy atom. The number of hydrogen-bond acceptors (Lipinski definition) is 5. The molecule has 8 atom stereocenters. The van der Waals surface area contributed by atoms with Crippen molar-refractivity contribution in [2.24, 2.45) is 34.5 Å². The number of carbonyl (C=O) groups excluding carboxylic acids is 3. The topological polar surface area (TPSA) is 69.7 Å². The van der Waals surface area contributed by atoms with Crippen molar-refractivity contribution in [3.63, 3.8) is 0 Å². The minimum atomic E-state index is -0.251. The van der Waals surface area contributed by atoms with Crippen LogP contribution in [0.5, 0.6) is 0 Å². The molecule has 5 heteroatoms. The van der Waals surface area contributed by atoms with Gasteiger partial charge >= 0.3 is 11.9 Å². The summed E-state index contributed by atoms with van der Waals surface area (Å²) in [6, 6.07) is 0. The fourth-order valence-electron chi connectivity index (χ4n) is 7.57. The van der Waals surface area contributed by atoms with E-state index in [1.807, 2.05) is 6.92 Å². The van der Waals surface area contributed by atoms with E-state index in [2.05, 4.69) is 26.0 Å². The second-order valence-corrected chi connectivity index (χ2v) is 10.4. The molecule has 4 rings (SSSR count). The van der Waals surface area contributed by atoms with Crippen molar-refractivity contribution >= 4 is 17.7 Å². The first-order valence-corrected chi connectivity index (χ1v) is 11.3. The molecular weight excluding hydrogens is 380 g/mol. The molecule has 0 bridgehead atoms. The third kappa shape index (κ3) is 3.25. The molecule has 0 aliphatic heterocycles. The Balaban J connectivity index is 1.75. The Kier molecular flexibility index (Phi) is 5.22. The number of ketones is 1. The minimum Gasteiger partial charge on any atom is -0.463 e. The van der Waals surface area contributed by atoms with Gasteiger partial charge in [-0.1, -0.05) is 26.0 Å². The predicted molar refractivity (Wildman–Crippen MR) is 112 cm³/mol. The second-order valence-electron chi connectivity index (χ2n) is 10.4. The molecule has 4 aliphatic rings. The van der Waals surface area contributed by atoms with E-state index in [9.17, 15) is 14.4 Å². The molecule has 2 saturated carbocycles. The third-order valence-corrected chi connectivity index (χ3v) is 8.74. The SMILES string of the molecule is CC(=O)OC(C)C1CCC2C3C=CC4=CC(=O)CCC4(C)C3C(OC(C)=O)CC12C. The molecule has 30 heavy (non-hydrogen) atoms. The fourth-order valence-corrected chi connectivity index (χ4v) is 7.57. The van der Waals surface area contributed by atoms with Gasteiger partial charge < -0.3 is 9.47 Å². The maximum Gasteiger partial charge on any atom is 0.302 e. The zero-order chi connectivity index (χ0) is 21.8. The largest absolute Gasteiger partial charge is 0.463 e. The number of rotatable bonds is 3. The van der Waals surface area contributed by atoms with Gasteiger partial charge in [0.15, 0.2) is 5.78 Å². The van der Waals surface area contributed by atoms with E-state index in [0.717, 1.165) is 31.3 Å². The molecule has 5 nitrogen and oxygen atoms in total. The van der Waals surface area contributed by atoms with Crippen LogP contribution in [0.25, 0.3) is 0 Å². The maximum absolute atomic E-state index is 12.1. The van der Waals surface area contributed by atoms with E-state index < -0.39 is 0 Å². The van der Waals surface area contributed by atoms with Crippen molar-refractivity contribution in [2.45, 2.75) is 78.9 Å². The van der Waals surface area contributed by atoms with Crippen molar-refractivity contribution in [3.05, 3.63) is 23.8 Å². The number of ether oxygens (including phenoxy) is 2. The molecule has 0 aromatic carbocycles. The molecule has 0 radical (unpaired) electrons. The standard InChI is InChI=1S/C25H34O5/c1-14(29-15(2)26)20-8-9-21-19-7-6-17-12-18(28)10-11-24(17,4)23(19)22(30-16(3)27)13-25(20,21)5/h6-7,12,14,19-23H,8-11,13H2,1-5H3. The molecule has 0 saturated heterocycles. The van der Waals surface area contributed by atoms with Crippen LogP contribution in [-0.4, -0.2) is 29.9 Å². The summed E-state index contributed by atoms with van der Waals surface area (Å²) in [5.41, 5.74) is 0.861. The summed E-state index contributed by atoms with van der Waals surface area (Å²) in [4.78, 5) is 35.8. The first-order valence-electron chi connectivity index (χ1n) is 11.3. The first-order chi connectivity index (χ1) is 14.1. The first kappa shape index (κ1) is 21.3. The van der Waals surface area contributed by atoms with Crippen LogP contribution in [0, 0.1) is 34.5 Å². The molecular formula is C25H34O5. The zero-order valence-electron chi connectivity index (χ0n) is 18.8. The van der Waals surface area contributed by atoms with E-state index >= 15 is 0 Å². The van der Waals surface area contributed by atoms with Crippen LogP contribution < -0.4 is 0 Å². The highest BCUT2D eigenvalue weighted by Gasteiger charge is 2.63. The van der Waals surface area contributed by atoms with Gasteiger partial charge in [0.1, 0.15) is 12.2 Å². The van der Waals surface area contributed by atoms with Crippen LogP contribution in [-0.2, 0) is 23.9 Å². The number of hydrogen-bond donors (Lipinski definition) is 0. The molecule has 0 amide bonds. The predicted octanol–water partition coefficient (Wildman–Crippen LogP) is 4.40. The second kappa shape index (κ2) is 7.35. The Morgan fingerprint density at radius 3 is 2.57 bits per heavy atom. The molecule has 0 spiro atoms. The fraction of sp³-hybridized carbons (Fsp3) is 0.720. The van der Waals surface area contributed by atoms with Gasteiger partial charge in [-0.2, -0.15) is 0 Å². The number of allylic oxidation sites excluding steroid dienone is 4. The van der Waals surface area contributed by atoms with E-state index in [4.69, 9.17) is 9.47 Å². The van der Waals surface area contributed by atoms with Gasteiger partial charge in [0.05, 0.1) is 0 Å². The summed E-state index contributed by atoms with van der Waals surface area (Å²) in [5.74, 6) is 0.850. The highest BCUT2D eigenvalue weighted by molar-refractivity contribution is 5.92. The van der Waals surface area contributed by atoms with Gasteiger partial charge in [-0.25, -0.2) is 0 Å². The lowest BCUT2D eigenvalue weighted by Gasteiger charge is -2.58. The lowest BCUT2D eigenvalue weighted by molar-refractivity contribution is -0.172. The van der Waals surface area contributed by atoms with Gasteiger partial charge in [0, 0.05) is 32.1 Å². The van der Waals surface area contributed by atoms with Crippen LogP contribution in [0.3, 0.4) is 0 Å². The van der Waals surface area contributed by atoms with Gasteiger partial charge in [-0.05, 0) is 66.9 Å².